The summed E-state index contributed by atoms with van der Waals surface area (Å²) in [6.07, 6.45) is 8.12. The summed E-state index contributed by atoms with van der Waals surface area (Å²) in [7, 11) is 2.22. The second kappa shape index (κ2) is 6.20. The molecule has 1 fully saturated rings. The molecule has 0 spiro atoms. The zero-order valence-corrected chi connectivity index (χ0v) is 9.79. The molecule has 2 heteroatoms. The van der Waals surface area contributed by atoms with Crippen LogP contribution in [0.1, 0.15) is 33.1 Å². The van der Waals surface area contributed by atoms with E-state index < -0.39 is 0 Å². The summed E-state index contributed by atoms with van der Waals surface area (Å²) >= 11 is 0. The Labute approximate surface area is 88.4 Å². The van der Waals surface area contributed by atoms with Crippen molar-refractivity contribution in [3.63, 3.8) is 0 Å². The molecular weight excluding hydrogens is 172 g/mol. The molecule has 0 radical (unpaired) electrons. The standard InChI is InChI=1S/C12H24N2/c1-4-5-6-8-13-12-7-9-14(3)11(2)10-12/h4-5,11-13H,6-10H2,1-3H3/b5-4+. The lowest BCUT2D eigenvalue weighted by Gasteiger charge is -2.35. The van der Waals surface area contributed by atoms with E-state index in [0.29, 0.717) is 0 Å². The number of hydrogen-bond acceptors (Lipinski definition) is 2. The van der Waals surface area contributed by atoms with Crippen LogP contribution in [0.3, 0.4) is 0 Å². The number of piperidine rings is 1. The molecule has 82 valence electrons. The Bertz CT molecular complexity index is 177. The van der Waals surface area contributed by atoms with Crippen LogP contribution >= 0.6 is 0 Å². The summed E-state index contributed by atoms with van der Waals surface area (Å²) in [5.41, 5.74) is 0. The van der Waals surface area contributed by atoms with Crippen molar-refractivity contribution in [1.82, 2.24) is 10.2 Å². The van der Waals surface area contributed by atoms with Crippen molar-refractivity contribution < 1.29 is 0 Å². The van der Waals surface area contributed by atoms with Gasteiger partial charge in [-0.25, -0.2) is 0 Å². The normalized spacial score (nSPS) is 29.9. The average molecular weight is 196 g/mol. The molecule has 1 N–H and O–H groups in total. The lowest BCUT2D eigenvalue weighted by molar-refractivity contribution is 0.169. The second-order valence-electron chi connectivity index (χ2n) is 4.36. The van der Waals surface area contributed by atoms with Gasteiger partial charge in [0, 0.05) is 12.1 Å². The fraction of sp³-hybridized carbons (Fsp3) is 0.833. The van der Waals surface area contributed by atoms with Crippen molar-refractivity contribution in [3.8, 4) is 0 Å². The maximum Gasteiger partial charge on any atom is 0.00941 e. The Morgan fingerprint density at radius 3 is 2.93 bits per heavy atom. The van der Waals surface area contributed by atoms with Crippen LogP contribution in [-0.4, -0.2) is 37.1 Å². The Hall–Kier alpha value is -0.340. The van der Waals surface area contributed by atoms with Crippen molar-refractivity contribution >= 4 is 0 Å². The van der Waals surface area contributed by atoms with E-state index in [4.69, 9.17) is 0 Å². The first-order valence-corrected chi connectivity index (χ1v) is 5.78. The first kappa shape index (κ1) is 11.7. The van der Waals surface area contributed by atoms with E-state index in [-0.39, 0.29) is 0 Å². The van der Waals surface area contributed by atoms with Gasteiger partial charge in [-0.15, -0.1) is 0 Å². The maximum absolute atomic E-state index is 3.63. The second-order valence-corrected chi connectivity index (χ2v) is 4.36. The lowest BCUT2D eigenvalue weighted by Crippen LogP contribution is -2.45. The monoisotopic (exact) mass is 196 g/mol. The van der Waals surface area contributed by atoms with Gasteiger partial charge in [0.1, 0.15) is 0 Å². The SMILES string of the molecule is C/C=C/CCNC1CCN(C)C(C)C1. The van der Waals surface area contributed by atoms with E-state index in [1.54, 1.807) is 0 Å². The van der Waals surface area contributed by atoms with Gasteiger partial charge in [0.2, 0.25) is 0 Å². The van der Waals surface area contributed by atoms with E-state index in [0.717, 1.165) is 25.0 Å². The van der Waals surface area contributed by atoms with E-state index >= 15 is 0 Å². The fourth-order valence-electron chi connectivity index (χ4n) is 2.01. The minimum atomic E-state index is 0.739. The van der Waals surface area contributed by atoms with Gasteiger partial charge in [0.15, 0.2) is 0 Å². The zero-order chi connectivity index (χ0) is 10.4. The van der Waals surface area contributed by atoms with Gasteiger partial charge in [-0.05, 0) is 53.2 Å². The molecule has 2 nitrogen and oxygen atoms in total. The molecule has 0 bridgehead atoms. The van der Waals surface area contributed by atoms with Crippen molar-refractivity contribution in [2.24, 2.45) is 0 Å². The summed E-state index contributed by atoms with van der Waals surface area (Å²) in [4.78, 5) is 2.45. The van der Waals surface area contributed by atoms with Gasteiger partial charge in [0.05, 0.1) is 0 Å². The first-order valence-electron chi connectivity index (χ1n) is 5.78. The summed E-state index contributed by atoms with van der Waals surface area (Å²) in [5.74, 6) is 0. The van der Waals surface area contributed by atoms with Gasteiger partial charge in [-0.1, -0.05) is 12.2 Å². The molecular formula is C12H24N2. The summed E-state index contributed by atoms with van der Waals surface area (Å²) in [6.45, 7) is 6.77. The molecule has 0 saturated carbocycles. The third kappa shape index (κ3) is 3.81. The van der Waals surface area contributed by atoms with Crippen LogP contribution in [0.2, 0.25) is 0 Å². The van der Waals surface area contributed by atoms with Crippen LogP contribution in [0.4, 0.5) is 0 Å². The number of nitrogens with zero attached hydrogens (tertiary/aromatic N) is 1. The highest BCUT2D eigenvalue weighted by Gasteiger charge is 2.21. The van der Waals surface area contributed by atoms with Crippen LogP contribution in [-0.2, 0) is 0 Å². The van der Waals surface area contributed by atoms with Crippen LogP contribution in [0, 0.1) is 0 Å². The highest BCUT2D eigenvalue weighted by atomic mass is 15.1. The minimum absolute atomic E-state index is 0.739. The van der Waals surface area contributed by atoms with E-state index in [2.05, 4.69) is 43.3 Å². The Morgan fingerprint density at radius 2 is 2.29 bits per heavy atom. The highest BCUT2D eigenvalue weighted by molar-refractivity contribution is 4.83. The molecule has 0 amide bonds. The number of hydrogen-bond donors (Lipinski definition) is 1. The van der Waals surface area contributed by atoms with Crippen molar-refractivity contribution in [3.05, 3.63) is 12.2 Å². The Morgan fingerprint density at radius 1 is 1.50 bits per heavy atom. The molecule has 2 unspecified atom stereocenters. The quantitative estimate of drug-likeness (QED) is 0.547. The number of allylic oxidation sites excluding steroid dienone is 1. The number of nitrogens with one attached hydrogen (secondary N) is 1. The third-order valence-corrected chi connectivity index (χ3v) is 3.19. The van der Waals surface area contributed by atoms with E-state index in [1.807, 2.05) is 0 Å². The molecule has 1 heterocycles. The molecule has 2 atom stereocenters. The molecule has 1 aliphatic heterocycles. The first-order chi connectivity index (χ1) is 6.74. The van der Waals surface area contributed by atoms with E-state index in [1.165, 1.54) is 19.4 Å². The van der Waals surface area contributed by atoms with Crippen LogP contribution in [0.15, 0.2) is 12.2 Å². The summed E-state index contributed by atoms with van der Waals surface area (Å²) < 4.78 is 0. The molecule has 14 heavy (non-hydrogen) atoms. The fourth-order valence-corrected chi connectivity index (χ4v) is 2.01. The number of likely N-dealkylation sites (tertiary alicyclic amines) is 1. The summed E-state index contributed by atoms with van der Waals surface area (Å²) in [5, 5.41) is 3.63. The highest BCUT2D eigenvalue weighted by Crippen LogP contribution is 2.14. The van der Waals surface area contributed by atoms with Crippen LogP contribution in [0.5, 0.6) is 0 Å². The molecule has 0 aliphatic carbocycles. The van der Waals surface area contributed by atoms with Crippen LogP contribution in [0.25, 0.3) is 0 Å². The Kier molecular flexibility index (Phi) is 5.20. The Balaban J connectivity index is 2.13. The van der Waals surface area contributed by atoms with Gasteiger partial charge in [-0.2, -0.15) is 0 Å². The van der Waals surface area contributed by atoms with Gasteiger partial charge in [-0.3, -0.25) is 0 Å². The van der Waals surface area contributed by atoms with Crippen LogP contribution < -0.4 is 5.32 Å². The van der Waals surface area contributed by atoms with Gasteiger partial charge in [0.25, 0.3) is 0 Å². The molecule has 1 aliphatic rings. The topological polar surface area (TPSA) is 15.3 Å². The lowest BCUT2D eigenvalue weighted by atomic mass is 9.99. The van der Waals surface area contributed by atoms with Crippen molar-refractivity contribution in [2.75, 3.05) is 20.1 Å². The zero-order valence-electron chi connectivity index (χ0n) is 9.79. The molecule has 1 rings (SSSR count). The van der Waals surface area contributed by atoms with Gasteiger partial charge >= 0.3 is 0 Å². The minimum Gasteiger partial charge on any atom is -0.314 e. The van der Waals surface area contributed by atoms with E-state index in [9.17, 15) is 0 Å². The van der Waals surface area contributed by atoms with Gasteiger partial charge < -0.3 is 10.2 Å². The molecule has 0 aromatic rings. The third-order valence-electron chi connectivity index (χ3n) is 3.19. The predicted molar refractivity (Wildman–Crippen MR) is 62.5 cm³/mol. The summed E-state index contributed by atoms with van der Waals surface area (Å²) in [6, 6.07) is 1.48. The van der Waals surface area contributed by atoms with Crippen molar-refractivity contribution in [1.29, 1.82) is 0 Å². The largest absolute Gasteiger partial charge is 0.314 e. The maximum atomic E-state index is 3.63. The molecule has 0 aromatic carbocycles. The average Bonchev–Trinajstić information content (AvgIpc) is 2.18. The molecule has 0 aromatic heterocycles. The predicted octanol–water partition coefficient (Wildman–Crippen LogP) is 2.02. The van der Waals surface area contributed by atoms with Crippen molar-refractivity contribution in [2.45, 2.75) is 45.2 Å². The smallest absolute Gasteiger partial charge is 0.00941 e. The molecule has 1 saturated heterocycles. The number of rotatable bonds is 4.